The molecule has 0 N–H and O–H groups in total. The van der Waals surface area contributed by atoms with Gasteiger partial charge in [0.2, 0.25) is 6.29 Å². The molecule has 0 amide bonds. The van der Waals surface area contributed by atoms with Gasteiger partial charge in [-0.15, -0.1) is 0 Å². The molecule has 1 aliphatic heterocycles. The van der Waals surface area contributed by atoms with Crippen molar-refractivity contribution >= 4 is 11.9 Å². The molecule has 1 aliphatic rings. The Balaban J connectivity index is 0.000000609. The highest BCUT2D eigenvalue weighted by Crippen LogP contribution is 2.13. The number of hydrogen-bond donors (Lipinski definition) is 0. The first-order valence-corrected chi connectivity index (χ1v) is 10.8. The number of rotatable bonds is 14. The van der Waals surface area contributed by atoms with Crippen molar-refractivity contribution in [1.82, 2.24) is 0 Å². The van der Waals surface area contributed by atoms with E-state index in [1.807, 2.05) is 0 Å². The Morgan fingerprint density at radius 2 is 1.61 bits per heavy atom. The van der Waals surface area contributed by atoms with Crippen LogP contribution in [0.3, 0.4) is 0 Å². The number of ether oxygens (including phenoxy) is 3. The average molecular weight is 397 g/mol. The SMILES string of the molecule is C=C(C)C(=O)OCCCCCCCCCCCC.C=CC(=O)OC1CCCO1. The van der Waals surface area contributed by atoms with Crippen LogP contribution in [-0.4, -0.2) is 31.4 Å². The molecule has 0 aliphatic carbocycles. The molecule has 0 aromatic rings. The number of hydrogen-bond acceptors (Lipinski definition) is 5. The van der Waals surface area contributed by atoms with Crippen molar-refractivity contribution in [1.29, 1.82) is 0 Å². The summed E-state index contributed by atoms with van der Waals surface area (Å²) < 4.78 is 14.9. The first-order valence-electron chi connectivity index (χ1n) is 10.8. The smallest absolute Gasteiger partial charge is 0.333 e. The minimum atomic E-state index is -0.410. The summed E-state index contributed by atoms with van der Waals surface area (Å²) in [5.74, 6) is -0.669. The van der Waals surface area contributed by atoms with Gasteiger partial charge < -0.3 is 14.2 Å². The summed E-state index contributed by atoms with van der Waals surface area (Å²) in [6.45, 7) is 12.0. The van der Waals surface area contributed by atoms with Gasteiger partial charge in [-0.2, -0.15) is 0 Å². The molecule has 1 rings (SSSR count). The lowest BCUT2D eigenvalue weighted by Gasteiger charge is -2.07. The van der Waals surface area contributed by atoms with Crippen molar-refractivity contribution in [2.45, 2.75) is 97.2 Å². The van der Waals surface area contributed by atoms with E-state index in [9.17, 15) is 9.59 Å². The Kier molecular flexibility index (Phi) is 17.6. The van der Waals surface area contributed by atoms with Gasteiger partial charge in [-0.05, 0) is 19.8 Å². The van der Waals surface area contributed by atoms with Gasteiger partial charge in [0.25, 0.3) is 0 Å². The fourth-order valence-electron chi connectivity index (χ4n) is 2.70. The van der Waals surface area contributed by atoms with Crippen LogP contribution in [0.4, 0.5) is 0 Å². The highest BCUT2D eigenvalue weighted by Gasteiger charge is 2.17. The largest absolute Gasteiger partial charge is 0.462 e. The van der Waals surface area contributed by atoms with Crippen LogP contribution >= 0.6 is 0 Å². The normalized spacial score (nSPS) is 15.3. The van der Waals surface area contributed by atoms with E-state index in [0.29, 0.717) is 18.8 Å². The highest BCUT2D eigenvalue weighted by molar-refractivity contribution is 5.86. The molecule has 5 heteroatoms. The second-order valence-electron chi connectivity index (χ2n) is 7.18. The maximum absolute atomic E-state index is 11.1. The van der Waals surface area contributed by atoms with E-state index in [2.05, 4.69) is 20.1 Å². The predicted molar refractivity (Wildman–Crippen MR) is 113 cm³/mol. The zero-order valence-corrected chi connectivity index (χ0v) is 18.0. The topological polar surface area (TPSA) is 61.8 Å². The molecule has 0 aromatic heterocycles. The summed E-state index contributed by atoms with van der Waals surface area (Å²) in [7, 11) is 0. The molecule has 1 unspecified atom stereocenters. The van der Waals surface area contributed by atoms with Crippen molar-refractivity contribution in [3.63, 3.8) is 0 Å². The maximum Gasteiger partial charge on any atom is 0.333 e. The molecule has 0 aromatic carbocycles. The Labute approximate surface area is 171 Å². The third-order valence-corrected chi connectivity index (χ3v) is 4.38. The summed E-state index contributed by atoms with van der Waals surface area (Å²) in [5.41, 5.74) is 0.488. The molecular weight excluding hydrogens is 356 g/mol. The second kappa shape index (κ2) is 18.7. The van der Waals surface area contributed by atoms with Gasteiger partial charge >= 0.3 is 11.9 Å². The maximum atomic E-state index is 11.1. The monoisotopic (exact) mass is 396 g/mol. The van der Waals surface area contributed by atoms with E-state index in [4.69, 9.17) is 14.2 Å². The van der Waals surface area contributed by atoms with Gasteiger partial charge in [0.05, 0.1) is 13.2 Å². The van der Waals surface area contributed by atoms with Crippen LogP contribution in [0.25, 0.3) is 0 Å². The fourth-order valence-corrected chi connectivity index (χ4v) is 2.70. The predicted octanol–water partition coefficient (Wildman–Crippen LogP) is 5.88. The van der Waals surface area contributed by atoms with Gasteiger partial charge in [0.1, 0.15) is 0 Å². The van der Waals surface area contributed by atoms with Gasteiger partial charge in [0, 0.05) is 18.1 Å². The molecule has 1 saturated heterocycles. The second-order valence-corrected chi connectivity index (χ2v) is 7.18. The Morgan fingerprint density at radius 1 is 1.04 bits per heavy atom. The van der Waals surface area contributed by atoms with E-state index in [1.54, 1.807) is 6.92 Å². The molecule has 5 nitrogen and oxygen atoms in total. The Morgan fingerprint density at radius 3 is 2.07 bits per heavy atom. The number of esters is 2. The molecule has 0 radical (unpaired) electrons. The summed E-state index contributed by atoms with van der Waals surface area (Å²) in [5, 5.41) is 0. The minimum absolute atomic E-state index is 0.258. The zero-order chi connectivity index (χ0) is 21.0. The van der Waals surface area contributed by atoms with Crippen LogP contribution in [0, 0.1) is 0 Å². The molecule has 1 atom stereocenters. The van der Waals surface area contributed by atoms with Crippen LogP contribution in [0.2, 0.25) is 0 Å². The summed E-state index contributed by atoms with van der Waals surface area (Å²) >= 11 is 0. The zero-order valence-electron chi connectivity index (χ0n) is 18.0. The van der Waals surface area contributed by atoms with Gasteiger partial charge in [0.15, 0.2) is 0 Å². The molecule has 0 bridgehead atoms. The highest BCUT2D eigenvalue weighted by atomic mass is 16.7. The van der Waals surface area contributed by atoms with E-state index in [-0.39, 0.29) is 12.3 Å². The van der Waals surface area contributed by atoms with Crippen LogP contribution in [0.5, 0.6) is 0 Å². The summed E-state index contributed by atoms with van der Waals surface area (Å²) in [6, 6.07) is 0. The van der Waals surface area contributed by atoms with Crippen LogP contribution in [0.1, 0.15) is 90.9 Å². The van der Waals surface area contributed by atoms with Crippen LogP contribution in [0.15, 0.2) is 24.8 Å². The van der Waals surface area contributed by atoms with Crippen molar-refractivity contribution in [2.24, 2.45) is 0 Å². The van der Waals surface area contributed by atoms with Crippen LogP contribution in [-0.2, 0) is 23.8 Å². The van der Waals surface area contributed by atoms with Gasteiger partial charge in [-0.25, -0.2) is 9.59 Å². The first-order chi connectivity index (χ1) is 13.5. The number of carbonyl (C=O) groups excluding carboxylic acids is 2. The van der Waals surface area contributed by atoms with E-state index in [0.717, 1.165) is 25.3 Å². The quantitative estimate of drug-likeness (QED) is 0.208. The molecule has 1 fully saturated rings. The van der Waals surface area contributed by atoms with Crippen molar-refractivity contribution in [2.75, 3.05) is 13.2 Å². The number of carbonyl (C=O) groups is 2. The van der Waals surface area contributed by atoms with E-state index >= 15 is 0 Å². The molecule has 0 spiro atoms. The third-order valence-electron chi connectivity index (χ3n) is 4.38. The first kappa shape index (κ1) is 26.4. The van der Waals surface area contributed by atoms with Gasteiger partial charge in [-0.1, -0.05) is 77.9 Å². The molecule has 1 heterocycles. The minimum Gasteiger partial charge on any atom is -0.462 e. The molecule has 28 heavy (non-hydrogen) atoms. The molecular formula is C23H40O5. The van der Waals surface area contributed by atoms with Gasteiger partial charge in [-0.3, -0.25) is 0 Å². The summed E-state index contributed by atoms with van der Waals surface area (Å²) in [4.78, 5) is 21.6. The van der Waals surface area contributed by atoms with Crippen LogP contribution < -0.4 is 0 Å². The average Bonchev–Trinajstić information content (AvgIpc) is 3.19. The van der Waals surface area contributed by atoms with E-state index in [1.165, 1.54) is 57.8 Å². The molecule has 162 valence electrons. The van der Waals surface area contributed by atoms with Crippen molar-refractivity contribution in [3.05, 3.63) is 24.8 Å². The lowest BCUT2D eigenvalue weighted by Crippen LogP contribution is -2.14. The number of unbranched alkanes of at least 4 members (excludes halogenated alkanes) is 9. The summed E-state index contributed by atoms with van der Waals surface area (Å²) in [6.07, 6.45) is 15.5. The fraction of sp³-hybridized carbons (Fsp3) is 0.739. The lowest BCUT2D eigenvalue weighted by atomic mass is 10.1. The molecule has 0 saturated carbocycles. The lowest BCUT2D eigenvalue weighted by molar-refractivity contribution is -0.163. The third kappa shape index (κ3) is 16.5. The Hall–Kier alpha value is -1.62. The van der Waals surface area contributed by atoms with E-state index < -0.39 is 5.97 Å². The van der Waals surface area contributed by atoms with Crippen molar-refractivity contribution < 1.29 is 23.8 Å². The standard InChI is InChI=1S/C16H30O2.C7H10O3/c1-4-5-6-7-8-9-10-11-12-13-14-18-16(17)15(2)3;1-2-6(8)10-7-4-3-5-9-7/h2,4-14H2,1,3H3;2,7H,1,3-5H2. The Bertz CT molecular complexity index is 438. The van der Waals surface area contributed by atoms with Crippen molar-refractivity contribution in [3.8, 4) is 0 Å².